The Labute approximate surface area is 226 Å². The van der Waals surface area contributed by atoms with Crippen LogP contribution in [-0.4, -0.2) is 69.2 Å². The lowest BCUT2D eigenvalue weighted by Gasteiger charge is -2.26. The van der Waals surface area contributed by atoms with Gasteiger partial charge in [-0.3, -0.25) is 9.69 Å². The average molecular weight is 529 g/mol. The molecule has 1 aliphatic heterocycles. The summed E-state index contributed by atoms with van der Waals surface area (Å²) in [5, 5.41) is 19.1. The van der Waals surface area contributed by atoms with Gasteiger partial charge in [-0.1, -0.05) is 19.9 Å². The molecule has 10 heteroatoms. The molecule has 0 bridgehead atoms. The summed E-state index contributed by atoms with van der Waals surface area (Å²) in [5.74, 6) is 0.504. The number of nitrogens with zero attached hydrogens (tertiary/aromatic N) is 7. The smallest absolute Gasteiger partial charge is 0.251 e. The Morgan fingerprint density at radius 2 is 2.11 bits per heavy atom. The average Bonchev–Trinajstić information content (AvgIpc) is 3.72. The molecular weight excluding hydrogens is 496 g/mol. The van der Waals surface area contributed by atoms with Crippen LogP contribution in [0.2, 0.25) is 0 Å². The van der Waals surface area contributed by atoms with Gasteiger partial charge in [0, 0.05) is 37.4 Å². The highest BCUT2D eigenvalue weighted by atomic mass is 32.1. The Hall–Kier alpha value is -3.81. The lowest BCUT2D eigenvalue weighted by Crippen LogP contribution is -2.42. The number of aromatic nitrogens is 4. The molecule has 4 aromatic rings. The van der Waals surface area contributed by atoms with Crippen LogP contribution in [0.3, 0.4) is 0 Å². The molecule has 0 radical (unpaired) electrons. The Morgan fingerprint density at radius 1 is 1.26 bits per heavy atom. The second-order valence-corrected chi connectivity index (χ2v) is 10.5. The number of anilines is 1. The Bertz CT molecular complexity index is 1450. The molecule has 2 atom stereocenters. The SMILES string of the molecule is CCN(CC)[C@@H](C)CNC(=O)c1cc(-c2cnn3ccc(-c4cccs4)nc23)nc(N2CC[C@@H](C#N)C2)c1. The molecular formula is C28H32N8OS. The number of hydrogen-bond acceptors (Lipinski definition) is 8. The van der Waals surface area contributed by atoms with Crippen molar-refractivity contribution in [3.8, 4) is 27.9 Å². The van der Waals surface area contributed by atoms with Crippen LogP contribution in [-0.2, 0) is 0 Å². The lowest BCUT2D eigenvalue weighted by atomic mass is 10.1. The normalized spacial score (nSPS) is 16.2. The summed E-state index contributed by atoms with van der Waals surface area (Å²) in [4.78, 5) is 28.7. The van der Waals surface area contributed by atoms with E-state index in [9.17, 15) is 10.1 Å². The molecule has 1 saturated heterocycles. The van der Waals surface area contributed by atoms with E-state index >= 15 is 0 Å². The van der Waals surface area contributed by atoms with Crippen molar-refractivity contribution in [1.29, 1.82) is 5.26 Å². The third-order valence-electron chi connectivity index (χ3n) is 7.18. The van der Waals surface area contributed by atoms with Crippen molar-refractivity contribution < 1.29 is 4.79 Å². The maximum absolute atomic E-state index is 13.4. The second kappa shape index (κ2) is 11.3. The van der Waals surface area contributed by atoms with Crippen molar-refractivity contribution in [1.82, 2.24) is 29.8 Å². The van der Waals surface area contributed by atoms with E-state index in [0.717, 1.165) is 42.2 Å². The molecule has 5 rings (SSSR count). The number of hydrogen-bond donors (Lipinski definition) is 1. The van der Waals surface area contributed by atoms with Gasteiger partial charge >= 0.3 is 0 Å². The van der Waals surface area contributed by atoms with Crippen LogP contribution in [0, 0.1) is 17.2 Å². The molecule has 0 unspecified atom stereocenters. The van der Waals surface area contributed by atoms with Gasteiger partial charge < -0.3 is 10.2 Å². The summed E-state index contributed by atoms with van der Waals surface area (Å²) in [6.07, 6.45) is 4.43. The highest BCUT2D eigenvalue weighted by molar-refractivity contribution is 7.13. The summed E-state index contributed by atoms with van der Waals surface area (Å²) < 4.78 is 1.73. The molecule has 9 nitrogen and oxygen atoms in total. The van der Waals surface area contributed by atoms with Crippen LogP contribution in [0.25, 0.3) is 27.5 Å². The number of likely N-dealkylation sites (N-methyl/N-ethyl adjacent to an activating group) is 1. The highest BCUT2D eigenvalue weighted by Crippen LogP contribution is 2.30. The number of thiophene rings is 1. The number of carbonyl (C=O) groups is 1. The Morgan fingerprint density at radius 3 is 2.82 bits per heavy atom. The molecule has 4 aromatic heterocycles. The molecule has 0 aromatic carbocycles. The zero-order valence-electron chi connectivity index (χ0n) is 22.0. The number of fused-ring (bicyclic) bond motifs is 1. The first-order valence-corrected chi connectivity index (χ1v) is 14.0. The summed E-state index contributed by atoms with van der Waals surface area (Å²) in [7, 11) is 0. The van der Waals surface area contributed by atoms with Crippen molar-refractivity contribution in [3.63, 3.8) is 0 Å². The molecule has 5 heterocycles. The molecule has 1 fully saturated rings. The van der Waals surface area contributed by atoms with Crippen LogP contribution in [0.1, 0.15) is 37.6 Å². The van der Waals surface area contributed by atoms with Gasteiger partial charge in [0.2, 0.25) is 0 Å². The van der Waals surface area contributed by atoms with Crippen LogP contribution < -0.4 is 10.2 Å². The van der Waals surface area contributed by atoms with Gasteiger partial charge in [0.05, 0.1) is 40.0 Å². The number of rotatable bonds is 9. The van der Waals surface area contributed by atoms with E-state index in [4.69, 9.17) is 9.97 Å². The predicted molar refractivity (Wildman–Crippen MR) is 150 cm³/mol. The molecule has 0 aliphatic carbocycles. The minimum atomic E-state index is -0.145. The van der Waals surface area contributed by atoms with E-state index in [2.05, 4.69) is 47.1 Å². The van der Waals surface area contributed by atoms with E-state index in [1.54, 1.807) is 22.0 Å². The predicted octanol–water partition coefficient (Wildman–Crippen LogP) is 4.33. The van der Waals surface area contributed by atoms with Gasteiger partial charge in [-0.05, 0) is 56.1 Å². The fraction of sp³-hybridized carbons (Fsp3) is 0.393. The highest BCUT2D eigenvalue weighted by Gasteiger charge is 2.25. The van der Waals surface area contributed by atoms with Crippen LogP contribution in [0.5, 0.6) is 0 Å². The third-order valence-corrected chi connectivity index (χ3v) is 8.07. The second-order valence-electron chi connectivity index (χ2n) is 9.56. The molecule has 1 amide bonds. The lowest BCUT2D eigenvalue weighted by molar-refractivity contribution is 0.0938. The van der Waals surface area contributed by atoms with E-state index in [1.165, 1.54) is 0 Å². The quantitative estimate of drug-likeness (QED) is 0.345. The minimum absolute atomic E-state index is 0.0420. The van der Waals surface area contributed by atoms with Gasteiger partial charge in [-0.15, -0.1) is 11.3 Å². The molecule has 0 spiro atoms. The molecule has 38 heavy (non-hydrogen) atoms. The number of nitriles is 1. The van der Waals surface area contributed by atoms with E-state index in [1.807, 2.05) is 41.9 Å². The Balaban J connectivity index is 1.51. The monoisotopic (exact) mass is 528 g/mol. The largest absolute Gasteiger partial charge is 0.355 e. The third kappa shape index (κ3) is 5.26. The van der Waals surface area contributed by atoms with Crippen LogP contribution >= 0.6 is 11.3 Å². The number of amides is 1. The summed E-state index contributed by atoms with van der Waals surface area (Å²) >= 11 is 1.63. The molecule has 196 valence electrons. The van der Waals surface area contributed by atoms with Crippen LogP contribution in [0.4, 0.5) is 5.82 Å². The first-order chi connectivity index (χ1) is 18.5. The minimum Gasteiger partial charge on any atom is -0.355 e. The van der Waals surface area contributed by atoms with Gasteiger partial charge in [-0.25, -0.2) is 14.5 Å². The number of nitrogens with one attached hydrogen (secondary N) is 1. The molecule has 1 N–H and O–H groups in total. The van der Waals surface area contributed by atoms with Crippen molar-refractivity contribution in [2.45, 2.75) is 33.2 Å². The maximum Gasteiger partial charge on any atom is 0.251 e. The maximum atomic E-state index is 13.4. The first-order valence-electron chi connectivity index (χ1n) is 13.1. The van der Waals surface area contributed by atoms with E-state index < -0.39 is 0 Å². The zero-order valence-corrected chi connectivity index (χ0v) is 22.8. The van der Waals surface area contributed by atoms with E-state index in [0.29, 0.717) is 35.8 Å². The summed E-state index contributed by atoms with van der Waals surface area (Å²) in [6.45, 7) is 10.1. The summed E-state index contributed by atoms with van der Waals surface area (Å²) in [6, 6.07) is 12.2. The number of carbonyl (C=O) groups excluding carboxylic acids is 1. The number of pyridine rings is 1. The standard InChI is InChI=1S/C28H32N8OS/c1-4-34(5-2)19(3)16-30-28(37)21-13-24(32-26(14-21)35-10-8-20(15-29)18-35)22-17-31-36-11-9-23(33-27(22)36)25-7-6-12-38-25/h6-7,9,11-14,17,19-20H,4-5,8,10,16,18H2,1-3H3,(H,30,37)/t19-,20-/m0/s1. The Kier molecular flexibility index (Phi) is 7.67. The van der Waals surface area contributed by atoms with Gasteiger partial charge in [-0.2, -0.15) is 10.4 Å². The van der Waals surface area contributed by atoms with Crippen molar-refractivity contribution in [3.05, 3.63) is 53.7 Å². The summed E-state index contributed by atoms with van der Waals surface area (Å²) in [5.41, 5.74) is 3.47. The molecule has 1 aliphatic rings. The first kappa shape index (κ1) is 25.8. The van der Waals surface area contributed by atoms with Gasteiger partial charge in [0.15, 0.2) is 5.65 Å². The zero-order chi connectivity index (χ0) is 26.6. The fourth-order valence-corrected chi connectivity index (χ4v) is 5.65. The van der Waals surface area contributed by atoms with Gasteiger partial charge in [0.1, 0.15) is 5.82 Å². The van der Waals surface area contributed by atoms with Gasteiger partial charge in [0.25, 0.3) is 5.91 Å². The van der Waals surface area contributed by atoms with Crippen molar-refractivity contribution in [2.75, 3.05) is 37.6 Å². The fourth-order valence-electron chi connectivity index (χ4n) is 4.95. The van der Waals surface area contributed by atoms with Crippen molar-refractivity contribution in [2.24, 2.45) is 5.92 Å². The topological polar surface area (TPSA) is 102 Å². The van der Waals surface area contributed by atoms with Crippen molar-refractivity contribution >= 4 is 28.7 Å². The molecule has 0 saturated carbocycles. The van der Waals surface area contributed by atoms with E-state index in [-0.39, 0.29) is 17.9 Å². The van der Waals surface area contributed by atoms with Crippen LogP contribution in [0.15, 0.2) is 48.1 Å².